The van der Waals surface area contributed by atoms with Gasteiger partial charge < -0.3 is 34.0 Å². The van der Waals surface area contributed by atoms with Gasteiger partial charge in [-0.05, 0) is 12.1 Å². The molecule has 0 bridgehead atoms. The second-order valence-corrected chi connectivity index (χ2v) is 6.58. The maximum Gasteiger partial charge on any atom is 0.469 e. The van der Waals surface area contributed by atoms with E-state index < -0.39 is 39.0 Å². The number of aromatic nitrogens is 2. The third kappa shape index (κ3) is 3.31. The van der Waals surface area contributed by atoms with Crippen LogP contribution in [0.4, 0.5) is 0 Å². The topological polar surface area (TPSA) is 144 Å². The first kappa shape index (κ1) is 17.3. The molecule has 1 saturated heterocycles. The lowest BCUT2D eigenvalue weighted by Gasteiger charge is -2.17. The zero-order valence-corrected chi connectivity index (χ0v) is 13.5. The summed E-state index contributed by atoms with van der Waals surface area (Å²) in [4.78, 5) is 21.7. The molecule has 0 saturated carbocycles. The summed E-state index contributed by atoms with van der Waals surface area (Å²) in [7, 11) is -3.17. The zero-order valence-electron chi connectivity index (χ0n) is 12.6. The Morgan fingerprint density at radius 3 is 2.75 bits per heavy atom. The molecule has 11 heteroatoms. The highest BCUT2D eigenvalue weighted by Crippen LogP contribution is 2.39. The largest absolute Gasteiger partial charge is 0.497 e. The Bertz CT molecular complexity index is 774. The predicted molar refractivity (Wildman–Crippen MR) is 80.2 cm³/mol. The van der Waals surface area contributed by atoms with Gasteiger partial charge in [-0.3, -0.25) is 4.52 Å². The van der Waals surface area contributed by atoms with E-state index in [0.717, 1.165) is 0 Å². The molecule has 2 aromatic rings. The third-order valence-corrected chi connectivity index (χ3v) is 4.29. The van der Waals surface area contributed by atoms with Gasteiger partial charge in [0.2, 0.25) is 0 Å². The molecule has 2 heterocycles. The minimum absolute atomic E-state index is 0.556. The Morgan fingerprint density at radius 1 is 1.33 bits per heavy atom. The molecule has 4 N–H and O–H groups in total. The molecule has 1 aromatic carbocycles. The van der Waals surface area contributed by atoms with Crippen LogP contribution in [0.1, 0.15) is 6.23 Å². The number of aliphatic hydroxyl groups is 2. The molecular formula is C13H17N2O8P. The lowest BCUT2D eigenvalue weighted by Crippen LogP contribution is -2.33. The number of methoxy groups -OCH3 is 1. The van der Waals surface area contributed by atoms with E-state index >= 15 is 0 Å². The lowest BCUT2D eigenvalue weighted by atomic mass is 10.1. The highest BCUT2D eigenvalue weighted by molar-refractivity contribution is 7.46. The van der Waals surface area contributed by atoms with Crippen LogP contribution in [0, 0.1) is 0 Å². The van der Waals surface area contributed by atoms with Gasteiger partial charge in [-0.25, -0.2) is 9.55 Å². The molecule has 1 fully saturated rings. The van der Waals surface area contributed by atoms with Gasteiger partial charge >= 0.3 is 7.82 Å². The maximum atomic E-state index is 10.8. The summed E-state index contributed by atoms with van der Waals surface area (Å²) in [6.07, 6.45) is -3.29. The number of hydrogen-bond donors (Lipinski definition) is 4. The number of hydrogen-bond acceptors (Lipinski definition) is 7. The first-order valence-electron chi connectivity index (χ1n) is 7.02. The average Bonchev–Trinajstić information content (AvgIpc) is 3.06. The van der Waals surface area contributed by atoms with Crippen molar-refractivity contribution in [3.8, 4) is 5.75 Å². The van der Waals surface area contributed by atoms with Crippen molar-refractivity contribution in [2.24, 2.45) is 0 Å². The summed E-state index contributed by atoms with van der Waals surface area (Å²) in [5, 5.41) is 20.2. The van der Waals surface area contributed by atoms with Gasteiger partial charge in [0.25, 0.3) is 0 Å². The molecule has 0 aliphatic carbocycles. The molecule has 24 heavy (non-hydrogen) atoms. The van der Waals surface area contributed by atoms with Gasteiger partial charge in [0, 0.05) is 6.07 Å². The highest BCUT2D eigenvalue weighted by Gasteiger charge is 2.44. The van der Waals surface area contributed by atoms with Crippen LogP contribution in [-0.2, 0) is 13.8 Å². The van der Waals surface area contributed by atoms with Crippen molar-refractivity contribution in [3.05, 3.63) is 24.5 Å². The van der Waals surface area contributed by atoms with Crippen molar-refractivity contribution in [3.63, 3.8) is 0 Å². The lowest BCUT2D eigenvalue weighted by molar-refractivity contribution is -0.0501. The quantitative estimate of drug-likeness (QED) is 0.532. The summed E-state index contributed by atoms with van der Waals surface area (Å²) in [6.45, 7) is -0.556. The van der Waals surface area contributed by atoms with Gasteiger partial charge in [0.1, 0.15) is 24.1 Å². The molecule has 0 radical (unpaired) electrons. The summed E-state index contributed by atoms with van der Waals surface area (Å²) in [5.74, 6) is 0.619. The van der Waals surface area contributed by atoms with Gasteiger partial charge in [-0.2, -0.15) is 0 Å². The smallest absolute Gasteiger partial charge is 0.469 e. The molecular weight excluding hydrogens is 343 g/mol. The average molecular weight is 360 g/mol. The SMILES string of the molecule is COc1ccc2c(c1)ncn2C1OC(COP(=O)(O)O)C(O)C1O. The van der Waals surface area contributed by atoms with Crippen LogP contribution in [-0.4, -0.2) is 61.6 Å². The number of benzene rings is 1. The van der Waals surface area contributed by atoms with Crippen molar-refractivity contribution in [2.75, 3.05) is 13.7 Å². The maximum absolute atomic E-state index is 10.8. The number of phosphoric ester groups is 1. The van der Waals surface area contributed by atoms with Crippen LogP contribution in [0.3, 0.4) is 0 Å². The van der Waals surface area contributed by atoms with Crippen LogP contribution in [0.2, 0.25) is 0 Å². The number of aliphatic hydroxyl groups excluding tert-OH is 2. The van der Waals surface area contributed by atoms with Gasteiger partial charge in [0.05, 0.1) is 31.1 Å². The first-order chi connectivity index (χ1) is 11.3. The number of fused-ring (bicyclic) bond motifs is 1. The first-order valence-corrected chi connectivity index (χ1v) is 8.55. The van der Waals surface area contributed by atoms with Crippen LogP contribution in [0.25, 0.3) is 11.0 Å². The van der Waals surface area contributed by atoms with Crippen molar-refractivity contribution < 1.29 is 38.6 Å². The van der Waals surface area contributed by atoms with E-state index in [-0.39, 0.29) is 0 Å². The number of imidazole rings is 1. The predicted octanol–water partition coefficient (Wildman–Crippen LogP) is -0.227. The molecule has 1 aromatic heterocycles. The van der Waals surface area contributed by atoms with Crippen molar-refractivity contribution in [2.45, 2.75) is 24.5 Å². The molecule has 1 aliphatic heterocycles. The Labute approximate surface area is 136 Å². The second-order valence-electron chi connectivity index (χ2n) is 5.34. The van der Waals surface area contributed by atoms with E-state index in [1.165, 1.54) is 18.0 Å². The van der Waals surface area contributed by atoms with Crippen LogP contribution < -0.4 is 4.74 Å². The zero-order chi connectivity index (χ0) is 17.5. The van der Waals surface area contributed by atoms with E-state index in [1.54, 1.807) is 18.2 Å². The number of phosphoric acid groups is 1. The van der Waals surface area contributed by atoms with Gasteiger partial charge in [-0.15, -0.1) is 0 Å². The van der Waals surface area contributed by atoms with Crippen LogP contribution in [0.5, 0.6) is 5.75 Å². The normalized spacial score (nSPS) is 27.7. The van der Waals surface area contributed by atoms with Crippen molar-refractivity contribution in [1.82, 2.24) is 9.55 Å². The highest BCUT2D eigenvalue weighted by atomic mass is 31.2. The number of ether oxygens (including phenoxy) is 2. The molecule has 3 rings (SSSR count). The molecule has 1 aliphatic rings. The summed E-state index contributed by atoms with van der Waals surface area (Å²) in [6, 6.07) is 5.15. The third-order valence-electron chi connectivity index (χ3n) is 3.80. The fourth-order valence-corrected chi connectivity index (χ4v) is 2.95. The summed E-state index contributed by atoms with van der Waals surface area (Å²) in [5.41, 5.74) is 1.25. The number of rotatable bonds is 5. The minimum atomic E-state index is -4.70. The number of nitrogens with zero attached hydrogens (tertiary/aromatic N) is 2. The van der Waals surface area contributed by atoms with E-state index in [1.807, 2.05) is 0 Å². The fourth-order valence-electron chi connectivity index (χ4n) is 2.61. The van der Waals surface area contributed by atoms with E-state index in [0.29, 0.717) is 16.8 Å². The molecule has 132 valence electrons. The molecule has 4 unspecified atom stereocenters. The molecule has 10 nitrogen and oxygen atoms in total. The van der Waals surface area contributed by atoms with Crippen molar-refractivity contribution in [1.29, 1.82) is 0 Å². The summed E-state index contributed by atoms with van der Waals surface area (Å²) >= 11 is 0. The van der Waals surface area contributed by atoms with E-state index in [9.17, 15) is 14.8 Å². The standard InChI is InChI=1S/C13H17N2O8P/c1-21-7-2-3-9-8(4-7)14-6-15(9)13-12(17)11(16)10(23-13)5-22-24(18,19)20/h2-4,6,10-13,16-17H,5H2,1H3,(H2,18,19,20). The van der Waals surface area contributed by atoms with E-state index in [2.05, 4.69) is 9.51 Å². The molecule has 4 atom stereocenters. The van der Waals surface area contributed by atoms with Crippen LogP contribution in [0.15, 0.2) is 24.5 Å². The van der Waals surface area contributed by atoms with Gasteiger partial charge in [0.15, 0.2) is 6.23 Å². The minimum Gasteiger partial charge on any atom is -0.497 e. The Hall–Kier alpha value is -1.52. The van der Waals surface area contributed by atoms with Crippen LogP contribution >= 0.6 is 7.82 Å². The fraction of sp³-hybridized carbons (Fsp3) is 0.462. The second kappa shape index (κ2) is 6.41. The summed E-state index contributed by atoms with van der Waals surface area (Å²) < 4.78 is 27.3. The van der Waals surface area contributed by atoms with E-state index in [4.69, 9.17) is 19.3 Å². The molecule has 0 spiro atoms. The van der Waals surface area contributed by atoms with Crippen molar-refractivity contribution >= 4 is 18.9 Å². The van der Waals surface area contributed by atoms with Gasteiger partial charge in [-0.1, -0.05) is 0 Å². The molecule has 0 amide bonds. The Kier molecular flexibility index (Phi) is 4.63. The monoisotopic (exact) mass is 360 g/mol. The Balaban J connectivity index is 1.83. The Morgan fingerprint density at radius 2 is 2.08 bits per heavy atom.